The third kappa shape index (κ3) is 4.90. The maximum Gasteiger partial charge on any atom is 0.342 e. The number of carbonyl (C=O) groups excluding carboxylic acids is 2. The first-order valence-corrected chi connectivity index (χ1v) is 13.3. The molecule has 7 nitrogen and oxygen atoms in total. The average molecular weight is 523 g/mol. The van der Waals surface area contributed by atoms with E-state index in [1.54, 1.807) is 12.1 Å². The lowest BCUT2D eigenvalue weighted by molar-refractivity contribution is 0.103. The summed E-state index contributed by atoms with van der Waals surface area (Å²) in [4.78, 5) is 26.6. The van der Waals surface area contributed by atoms with Gasteiger partial charge < -0.3 is 15.7 Å². The van der Waals surface area contributed by atoms with Gasteiger partial charge in [0.1, 0.15) is 5.75 Å². The van der Waals surface area contributed by atoms with Gasteiger partial charge in [0.25, 0.3) is 5.91 Å². The Kier molecular flexibility index (Phi) is 6.17. The van der Waals surface area contributed by atoms with E-state index in [1.807, 2.05) is 67.6 Å². The van der Waals surface area contributed by atoms with Crippen LogP contribution in [-0.2, 0) is 6.54 Å². The van der Waals surface area contributed by atoms with E-state index < -0.39 is 0 Å². The van der Waals surface area contributed by atoms with E-state index in [0.29, 0.717) is 28.4 Å². The molecule has 3 aromatic carbocycles. The SMILES string of the molecule is Cc1cccc(CNC(=O)n2nc(-c3cc(NC(=O)c4cc5ccccc5s4)ccc3O)cc2C2CC2)c1. The molecule has 8 heteroatoms. The Balaban J connectivity index is 1.24. The molecule has 38 heavy (non-hydrogen) atoms. The van der Waals surface area contributed by atoms with Crippen LogP contribution in [-0.4, -0.2) is 26.8 Å². The van der Waals surface area contributed by atoms with Gasteiger partial charge >= 0.3 is 6.03 Å². The largest absolute Gasteiger partial charge is 0.507 e. The molecule has 5 aromatic rings. The molecule has 3 N–H and O–H groups in total. The highest BCUT2D eigenvalue weighted by Crippen LogP contribution is 2.42. The molecular formula is C30H26N4O3S. The van der Waals surface area contributed by atoms with Crippen molar-refractivity contribution < 1.29 is 14.7 Å². The van der Waals surface area contributed by atoms with E-state index in [2.05, 4.69) is 15.7 Å². The summed E-state index contributed by atoms with van der Waals surface area (Å²) in [5.74, 6) is 0.0681. The van der Waals surface area contributed by atoms with Gasteiger partial charge in [0.05, 0.1) is 16.3 Å². The van der Waals surface area contributed by atoms with Crippen LogP contribution < -0.4 is 10.6 Å². The third-order valence-corrected chi connectivity index (χ3v) is 7.75. The molecular weight excluding hydrogens is 496 g/mol. The normalized spacial score (nSPS) is 13.0. The second-order valence-electron chi connectivity index (χ2n) is 9.62. The van der Waals surface area contributed by atoms with Crippen molar-refractivity contribution in [2.24, 2.45) is 0 Å². The molecule has 0 radical (unpaired) electrons. The summed E-state index contributed by atoms with van der Waals surface area (Å²) in [7, 11) is 0. The maximum atomic E-state index is 13.1. The van der Waals surface area contributed by atoms with Crippen molar-refractivity contribution in [2.45, 2.75) is 32.2 Å². The number of aromatic hydroxyl groups is 1. The molecule has 0 bridgehead atoms. The molecule has 0 atom stereocenters. The summed E-state index contributed by atoms with van der Waals surface area (Å²) in [6.07, 6.45) is 1.99. The lowest BCUT2D eigenvalue weighted by atomic mass is 10.1. The molecule has 0 aliphatic heterocycles. The molecule has 0 saturated heterocycles. The minimum absolute atomic E-state index is 0.0250. The zero-order chi connectivity index (χ0) is 26.2. The van der Waals surface area contributed by atoms with Gasteiger partial charge in [-0.2, -0.15) is 9.78 Å². The van der Waals surface area contributed by atoms with Gasteiger partial charge in [-0.1, -0.05) is 48.0 Å². The van der Waals surface area contributed by atoms with E-state index in [4.69, 9.17) is 0 Å². The number of anilines is 1. The molecule has 1 saturated carbocycles. The molecule has 6 rings (SSSR count). The molecule has 190 valence electrons. The molecule has 1 aliphatic carbocycles. The Morgan fingerprint density at radius 2 is 1.87 bits per heavy atom. The topological polar surface area (TPSA) is 96.3 Å². The molecule has 2 aromatic heterocycles. The van der Waals surface area contributed by atoms with Crippen LogP contribution in [0.15, 0.2) is 78.9 Å². The van der Waals surface area contributed by atoms with Crippen molar-refractivity contribution in [3.63, 3.8) is 0 Å². The minimum Gasteiger partial charge on any atom is -0.507 e. The van der Waals surface area contributed by atoms with Crippen LogP contribution >= 0.6 is 11.3 Å². The van der Waals surface area contributed by atoms with Gasteiger partial charge in [0.2, 0.25) is 0 Å². The predicted octanol–water partition coefficient (Wildman–Crippen LogP) is 6.67. The van der Waals surface area contributed by atoms with Crippen LogP contribution in [0.3, 0.4) is 0 Å². The quantitative estimate of drug-likeness (QED) is 0.217. The Hall–Kier alpha value is -4.43. The van der Waals surface area contributed by atoms with Crippen LogP contribution in [0.5, 0.6) is 5.75 Å². The van der Waals surface area contributed by atoms with E-state index in [9.17, 15) is 14.7 Å². The standard InChI is InChI=1S/C30H26N4O3S/c1-18-5-4-6-19(13-18)17-31-30(37)34-25(20-9-10-20)16-24(33-34)23-15-22(11-12-26(23)35)32-29(36)28-14-21-7-2-3-8-27(21)38-28/h2-8,11-16,20,35H,9-10,17H2,1H3,(H,31,37)(H,32,36). The van der Waals surface area contributed by atoms with E-state index >= 15 is 0 Å². The van der Waals surface area contributed by atoms with Crippen molar-refractivity contribution in [1.29, 1.82) is 0 Å². The van der Waals surface area contributed by atoms with Gasteiger partial charge in [0.15, 0.2) is 0 Å². The van der Waals surface area contributed by atoms with Gasteiger partial charge in [-0.3, -0.25) is 4.79 Å². The number of phenols is 1. The lowest BCUT2D eigenvalue weighted by Crippen LogP contribution is -2.30. The highest BCUT2D eigenvalue weighted by Gasteiger charge is 2.31. The number of fused-ring (bicyclic) bond motifs is 1. The Morgan fingerprint density at radius 3 is 2.66 bits per heavy atom. The fourth-order valence-electron chi connectivity index (χ4n) is 4.54. The van der Waals surface area contributed by atoms with Gasteiger partial charge in [-0.25, -0.2) is 4.79 Å². The van der Waals surface area contributed by atoms with Gasteiger partial charge in [0, 0.05) is 28.4 Å². The molecule has 2 amide bonds. The van der Waals surface area contributed by atoms with Crippen molar-refractivity contribution >= 4 is 39.0 Å². The Morgan fingerprint density at radius 1 is 1.03 bits per heavy atom. The number of carbonyl (C=O) groups is 2. The molecule has 2 heterocycles. The fourth-order valence-corrected chi connectivity index (χ4v) is 5.50. The summed E-state index contributed by atoms with van der Waals surface area (Å²) in [6, 6.07) is 24.1. The highest BCUT2D eigenvalue weighted by atomic mass is 32.1. The Labute approximate surface area is 223 Å². The fraction of sp³-hybridized carbons (Fsp3) is 0.167. The number of hydrogen-bond donors (Lipinski definition) is 3. The number of thiophene rings is 1. The number of hydrogen-bond acceptors (Lipinski definition) is 5. The molecule has 1 aliphatic rings. The number of nitrogens with zero attached hydrogens (tertiary/aromatic N) is 2. The number of phenolic OH excluding ortho intramolecular Hbond substituents is 1. The molecule has 0 spiro atoms. The third-order valence-electron chi connectivity index (χ3n) is 6.63. The van der Waals surface area contributed by atoms with Crippen LogP contribution in [0.2, 0.25) is 0 Å². The van der Waals surface area contributed by atoms with Gasteiger partial charge in [-0.05, 0) is 67.1 Å². The summed E-state index contributed by atoms with van der Waals surface area (Å²) in [5.41, 5.74) is 4.43. The highest BCUT2D eigenvalue weighted by molar-refractivity contribution is 7.20. The molecule has 0 unspecified atom stereocenters. The number of aromatic nitrogens is 2. The van der Waals surface area contributed by atoms with E-state index in [0.717, 1.165) is 39.7 Å². The minimum atomic E-state index is -0.312. The number of aryl methyl sites for hydroxylation is 1. The number of benzene rings is 3. The summed E-state index contributed by atoms with van der Waals surface area (Å²) in [6.45, 7) is 2.41. The number of nitrogens with one attached hydrogen (secondary N) is 2. The zero-order valence-electron chi connectivity index (χ0n) is 20.8. The summed E-state index contributed by atoms with van der Waals surface area (Å²) < 4.78 is 2.45. The first-order valence-electron chi connectivity index (χ1n) is 12.5. The van der Waals surface area contributed by atoms with Crippen molar-refractivity contribution in [3.05, 3.63) is 101 Å². The second kappa shape index (κ2) is 9.79. The smallest absolute Gasteiger partial charge is 0.342 e. The van der Waals surface area contributed by atoms with Crippen LogP contribution in [0.1, 0.15) is 45.3 Å². The maximum absolute atomic E-state index is 13.1. The first-order chi connectivity index (χ1) is 18.4. The van der Waals surface area contributed by atoms with E-state index in [-0.39, 0.29) is 23.6 Å². The summed E-state index contributed by atoms with van der Waals surface area (Å²) in [5, 5.41) is 22.1. The summed E-state index contributed by atoms with van der Waals surface area (Å²) >= 11 is 1.43. The van der Waals surface area contributed by atoms with Gasteiger partial charge in [-0.15, -0.1) is 11.3 Å². The lowest BCUT2D eigenvalue weighted by Gasteiger charge is -2.09. The number of amides is 2. The monoisotopic (exact) mass is 522 g/mol. The predicted molar refractivity (Wildman–Crippen MR) is 150 cm³/mol. The van der Waals surface area contributed by atoms with Crippen LogP contribution in [0.4, 0.5) is 10.5 Å². The zero-order valence-corrected chi connectivity index (χ0v) is 21.6. The van der Waals surface area contributed by atoms with Crippen LogP contribution in [0.25, 0.3) is 21.3 Å². The number of rotatable bonds is 6. The van der Waals surface area contributed by atoms with Crippen LogP contribution in [0, 0.1) is 6.92 Å². The second-order valence-corrected chi connectivity index (χ2v) is 10.7. The Bertz CT molecular complexity index is 1650. The van der Waals surface area contributed by atoms with E-state index in [1.165, 1.54) is 22.1 Å². The average Bonchev–Trinajstić information content (AvgIpc) is 3.50. The molecule has 1 fully saturated rings. The first kappa shape index (κ1) is 23.9. The van der Waals surface area contributed by atoms with Crippen molar-refractivity contribution in [3.8, 4) is 17.0 Å². The van der Waals surface area contributed by atoms with Crippen molar-refractivity contribution in [1.82, 2.24) is 15.1 Å². The van der Waals surface area contributed by atoms with Crippen molar-refractivity contribution in [2.75, 3.05) is 5.32 Å².